The van der Waals surface area contributed by atoms with Crippen LogP contribution in [0.25, 0.3) is 0 Å². The summed E-state index contributed by atoms with van der Waals surface area (Å²) in [4.78, 5) is 12.0. The van der Waals surface area contributed by atoms with Gasteiger partial charge in [-0.1, -0.05) is 37.3 Å². The van der Waals surface area contributed by atoms with Crippen molar-refractivity contribution in [3.8, 4) is 0 Å². The Hall–Kier alpha value is -1.05. The van der Waals surface area contributed by atoms with Crippen molar-refractivity contribution in [2.45, 2.75) is 12.5 Å². The van der Waals surface area contributed by atoms with Gasteiger partial charge in [0, 0.05) is 17.8 Å². The largest absolute Gasteiger partial charge is 0.368 e. The van der Waals surface area contributed by atoms with E-state index in [0.29, 0.717) is 18.1 Å². The standard InChI is InChI=1S/C14H22N2O3S2/c1-3-16-14(13(15)17,12-7-5-4-6-8-12)11-20-9-10-21(2,18)19/h4-8,16H,3,9-11H2,1-2H3,(H2,15,17). The fourth-order valence-electron chi connectivity index (χ4n) is 2.00. The Kier molecular flexibility index (Phi) is 6.70. The Labute approximate surface area is 130 Å². The van der Waals surface area contributed by atoms with E-state index in [2.05, 4.69) is 5.32 Å². The van der Waals surface area contributed by atoms with E-state index in [-0.39, 0.29) is 5.75 Å². The fraction of sp³-hybridized carbons (Fsp3) is 0.500. The molecule has 0 heterocycles. The lowest BCUT2D eigenvalue weighted by Gasteiger charge is -2.31. The minimum absolute atomic E-state index is 0.0907. The average molecular weight is 330 g/mol. The molecule has 21 heavy (non-hydrogen) atoms. The quantitative estimate of drug-likeness (QED) is 0.652. The second-order valence-electron chi connectivity index (χ2n) is 4.85. The highest BCUT2D eigenvalue weighted by Crippen LogP contribution is 2.26. The summed E-state index contributed by atoms with van der Waals surface area (Å²) in [7, 11) is -3.00. The molecule has 0 aromatic heterocycles. The number of amides is 1. The van der Waals surface area contributed by atoms with Crippen molar-refractivity contribution in [2.75, 3.05) is 30.1 Å². The number of hydrogen-bond acceptors (Lipinski definition) is 5. The number of nitrogens with one attached hydrogen (secondary N) is 1. The van der Waals surface area contributed by atoms with Crippen LogP contribution in [0.4, 0.5) is 0 Å². The first kappa shape index (κ1) is 18.0. The fourth-order valence-corrected chi connectivity index (χ4v) is 4.54. The van der Waals surface area contributed by atoms with Gasteiger partial charge in [-0.3, -0.25) is 10.1 Å². The molecule has 118 valence electrons. The number of carbonyl (C=O) groups is 1. The second kappa shape index (κ2) is 7.82. The monoisotopic (exact) mass is 330 g/mol. The zero-order valence-corrected chi connectivity index (χ0v) is 14.0. The van der Waals surface area contributed by atoms with Crippen LogP contribution in [0.1, 0.15) is 12.5 Å². The van der Waals surface area contributed by atoms with Crippen molar-refractivity contribution in [2.24, 2.45) is 5.73 Å². The van der Waals surface area contributed by atoms with E-state index >= 15 is 0 Å². The van der Waals surface area contributed by atoms with Gasteiger partial charge in [0.05, 0.1) is 5.75 Å². The lowest BCUT2D eigenvalue weighted by Crippen LogP contribution is -2.54. The molecule has 0 bridgehead atoms. The molecule has 7 heteroatoms. The first-order valence-corrected chi connectivity index (χ1v) is 9.89. The first-order valence-electron chi connectivity index (χ1n) is 6.68. The van der Waals surface area contributed by atoms with Gasteiger partial charge in [-0.25, -0.2) is 8.42 Å². The van der Waals surface area contributed by atoms with Gasteiger partial charge in [-0.15, -0.1) is 0 Å². The summed E-state index contributed by atoms with van der Waals surface area (Å²) in [6, 6.07) is 9.28. The summed E-state index contributed by atoms with van der Waals surface area (Å²) in [5, 5.41) is 3.16. The summed E-state index contributed by atoms with van der Waals surface area (Å²) >= 11 is 1.41. The van der Waals surface area contributed by atoms with Crippen LogP contribution in [-0.2, 0) is 20.2 Å². The second-order valence-corrected chi connectivity index (χ2v) is 8.21. The molecular formula is C14H22N2O3S2. The molecule has 0 fully saturated rings. The zero-order chi connectivity index (χ0) is 15.9. The Morgan fingerprint density at radius 2 is 1.95 bits per heavy atom. The third-order valence-corrected chi connectivity index (χ3v) is 5.42. The van der Waals surface area contributed by atoms with Gasteiger partial charge in [0.15, 0.2) is 0 Å². The Bertz CT molecular complexity index is 561. The van der Waals surface area contributed by atoms with Crippen molar-refractivity contribution < 1.29 is 13.2 Å². The van der Waals surface area contributed by atoms with E-state index in [9.17, 15) is 13.2 Å². The van der Waals surface area contributed by atoms with Gasteiger partial charge in [-0.05, 0) is 12.1 Å². The predicted molar refractivity (Wildman–Crippen MR) is 88.0 cm³/mol. The molecule has 0 saturated heterocycles. The number of benzene rings is 1. The maximum Gasteiger partial charge on any atom is 0.243 e. The number of rotatable bonds is 9. The summed E-state index contributed by atoms with van der Waals surface area (Å²) < 4.78 is 22.3. The van der Waals surface area contributed by atoms with E-state index in [4.69, 9.17) is 5.73 Å². The number of sulfone groups is 1. The molecule has 0 aliphatic rings. The van der Waals surface area contributed by atoms with Crippen LogP contribution in [0.15, 0.2) is 30.3 Å². The number of likely N-dealkylation sites (N-methyl/N-ethyl adjacent to an activating group) is 1. The Balaban J connectivity index is 2.89. The van der Waals surface area contributed by atoms with Gasteiger partial charge in [0.1, 0.15) is 15.4 Å². The molecule has 1 unspecified atom stereocenters. The Morgan fingerprint density at radius 3 is 2.43 bits per heavy atom. The van der Waals surface area contributed by atoms with Crippen molar-refractivity contribution in [3.05, 3.63) is 35.9 Å². The SMILES string of the molecule is CCNC(CSCCS(C)(=O)=O)(C(N)=O)c1ccccc1. The number of carbonyl (C=O) groups excluding carboxylic acids is 1. The van der Waals surface area contributed by atoms with Crippen LogP contribution in [0.3, 0.4) is 0 Å². The molecule has 1 atom stereocenters. The molecule has 0 saturated carbocycles. The molecule has 5 nitrogen and oxygen atoms in total. The highest BCUT2D eigenvalue weighted by atomic mass is 32.2. The molecule has 0 aliphatic heterocycles. The van der Waals surface area contributed by atoms with Crippen LogP contribution in [0, 0.1) is 0 Å². The molecule has 3 N–H and O–H groups in total. The van der Waals surface area contributed by atoms with Crippen LogP contribution in [-0.4, -0.2) is 44.4 Å². The van der Waals surface area contributed by atoms with Gasteiger partial charge in [0.25, 0.3) is 0 Å². The predicted octanol–water partition coefficient (Wildman–Crippen LogP) is 0.755. The number of primary amides is 1. The minimum Gasteiger partial charge on any atom is -0.368 e. The summed E-state index contributed by atoms with van der Waals surface area (Å²) in [6.07, 6.45) is 1.20. The Morgan fingerprint density at radius 1 is 1.33 bits per heavy atom. The number of thioether (sulfide) groups is 1. The maximum absolute atomic E-state index is 12.0. The molecule has 1 amide bonds. The molecule has 0 radical (unpaired) electrons. The third-order valence-electron chi connectivity index (χ3n) is 3.08. The zero-order valence-electron chi connectivity index (χ0n) is 12.3. The molecule has 1 aromatic carbocycles. The van der Waals surface area contributed by atoms with Gasteiger partial charge >= 0.3 is 0 Å². The molecular weight excluding hydrogens is 308 g/mol. The van der Waals surface area contributed by atoms with Gasteiger partial charge < -0.3 is 5.73 Å². The highest BCUT2D eigenvalue weighted by Gasteiger charge is 2.37. The lowest BCUT2D eigenvalue weighted by molar-refractivity contribution is -0.123. The van der Waals surface area contributed by atoms with E-state index in [0.717, 1.165) is 5.56 Å². The van der Waals surface area contributed by atoms with Crippen molar-refractivity contribution in [1.29, 1.82) is 0 Å². The smallest absolute Gasteiger partial charge is 0.243 e. The minimum atomic E-state index is -3.00. The maximum atomic E-state index is 12.0. The van der Waals surface area contributed by atoms with Crippen LogP contribution in [0.2, 0.25) is 0 Å². The number of nitrogens with two attached hydrogens (primary N) is 1. The van der Waals surface area contributed by atoms with E-state index in [1.54, 1.807) is 0 Å². The molecule has 1 rings (SSSR count). The first-order chi connectivity index (χ1) is 9.82. The van der Waals surface area contributed by atoms with E-state index in [1.165, 1.54) is 18.0 Å². The molecule has 0 aliphatic carbocycles. The molecule has 1 aromatic rings. The average Bonchev–Trinajstić information content (AvgIpc) is 2.42. The van der Waals surface area contributed by atoms with Gasteiger partial charge in [-0.2, -0.15) is 11.8 Å². The summed E-state index contributed by atoms with van der Waals surface area (Å²) in [5.74, 6) is 0.470. The third kappa shape index (κ3) is 5.33. The van der Waals surface area contributed by atoms with Crippen molar-refractivity contribution in [1.82, 2.24) is 5.32 Å². The van der Waals surface area contributed by atoms with Crippen LogP contribution >= 0.6 is 11.8 Å². The topological polar surface area (TPSA) is 89.3 Å². The van der Waals surface area contributed by atoms with Crippen molar-refractivity contribution >= 4 is 27.5 Å². The highest BCUT2D eigenvalue weighted by molar-refractivity contribution is 8.00. The number of hydrogen-bond donors (Lipinski definition) is 2. The van der Waals surface area contributed by atoms with Crippen LogP contribution < -0.4 is 11.1 Å². The van der Waals surface area contributed by atoms with Crippen molar-refractivity contribution in [3.63, 3.8) is 0 Å². The van der Waals surface area contributed by atoms with Crippen LogP contribution in [0.5, 0.6) is 0 Å². The normalized spacial score (nSPS) is 14.6. The summed E-state index contributed by atoms with van der Waals surface area (Å²) in [6.45, 7) is 2.49. The van der Waals surface area contributed by atoms with E-state index in [1.807, 2.05) is 37.3 Å². The molecule has 0 spiro atoms. The van der Waals surface area contributed by atoms with Gasteiger partial charge in [0.2, 0.25) is 5.91 Å². The summed E-state index contributed by atoms with van der Waals surface area (Å²) in [5.41, 5.74) is 5.45. The lowest BCUT2D eigenvalue weighted by atomic mass is 9.91. The van der Waals surface area contributed by atoms with E-state index < -0.39 is 21.3 Å².